The number of hydrogen-bond donors (Lipinski definition) is 2. The number of hydrogen-bond acceptors (Lipinski definition) is 2. The summed E-state index contributed by atoms with van der Waals surface area (Å²) in [6, 6.07) is 26.0. The van der Waals surface area contributed by atoms with Crippen LogP contribution in [0.4, 0.5) is 0 Å². The van der Waals surface area contributed by atoms with Crippen LogP contribution < -0.4 is 0 Å². The van der Waals surface area contributed by atoms with Crippen LogP contribution in [-0.4, -0.2) is 10.2 Å². The molecule has 0 amide bonds. The first-order valence-electron chi connectivity index (χ1n) is 9.32. The van der Waals surface area contributed by atoms with E-state index >= 15 is 0 Å². The molecule has 0 aromatic heterocycles. The van der Waals surface area contributed by atoms with Crippen molar-refractivity contribution < 1.29 is 10.2 Å². The third-order valence-corrected chi connectivity index (χ3v) is 5.82. The topological polar surface area (TPSA) is 40.5 Å². The van der Waals surface area contributed by atoms with Crippen LogP contribution in [0.1, 0.15) is 24.5 Å². The Balaban J connectivity index is 1.97. The molecule has 0 spiro atoms. The molecule has 0 heterocycles. The third-order valence-electron chi connectivity index (χ3n) is 5.82. The van der Waals surface area contributed by atoms with Gasteiger partial charge in [0.25, 0.3) is 0 Å². The smallest absolute Gasteiger partial charge is 0.123 e. The highest BCUT2D eigenvalue weighted by Crippen LogP contribution is 2.55. The van der Waals surface area contributed by atoms with Crippen LogP contribution in [0.2, 0.25) is 0 Å². The minimum atomic E-state index is -1.10. The maximum atomic E-state index is 11.6. The van der Waals surface area contributed by atoms with Crippen molar-refractivity contribution in [1.29, 1.82) is 0 Å². The fraction of sp³-hybridized carbons (Fsp3) is 0.120. The van der Waals surface area contributed by atoms with E-state index in [1.54, 1.807) is 6.07 Å². The highest BCUT2D eigenvalue weighted by atomic mass is 16.3. The second-order valence-electron chi connectivity index (χ2n) is 7.17. The van der Waals surface area contributed by atoms with E-state index in [4.69, 9.17) is 0 Å². The van der Waals surface area contributed by atoms with Crippen LogP contribution in [-0.2, 0) is 5.60 Å². The van der Waals surface area contributed by atoms with Crippen molar-refractivity contribution in [2.45, 2.75) is 18.9 Å². The molecule has 2 heteroatoms. The summed E-state index contributed by atoms with van der Waals surface area (Å²) in [5.41, 5.74) is 4.93. The molecule has 0 saturated heterocycles. The molecule has 1 unspecified atom stereocenters. The molecule has 1 aliphatic carbocycles. The minimum Gasteiger partial charge on any atom is -0.507 e. The van der Waals surface area contributed by atoms with Gasteiger partial charge in [-0.05, 0) is 45.7 Å². The van der Waals surface area contributed by atoms with Crippen LogP contribution in [0, 0.1) is 0 Å². The number of fused-ring (bicyclic) bond motifs is 5. The first-order chi connectivity index (χ1) is 13.1. The van der Waals surface area contributed by atoms with Gasteiger partial charge in [-0.15, -0.1) is 0 Å². The van der Waals surface area contributed by atoms with E-state index < -0.39 is 5.60 Å². The van der Waals surface area contributed by atoms with Gasteiger partial charge in [0.05, 0.1) is 0 Å². The Morgan fingerprint density at radius 3 is 2.19 bits per heavy atom. The lowest BCUT2D eigenvalue weighted by molar-refractivity contribution is 0.0813. The zero-order chi connectivity index (χ0) is 18.6. The molecular formula is C25H20O2. The number of phenols is 1. The molecule has 0 aliphatic heterocycles. The number of benzene rings is 4. The van der Waals surface area contributed by atoms with Gasteiger partial charge in [0.2, 0.25) is 0 Å². The molecule has 5 rings (SSSR count). The van der Waals surface area contributed by atoms with Gasteiger partial charge in [-0.1, -0.05) is 79.7 Å². The monoisotopic (exact) mass is 352 g/mol. The van der Waals surface area contributed by atoms with Crippen molar-refractivity contribution in [3.8, 4) is 28.0 Å². The molecule has 1 atom stereocenters. The predicted octanol–water partition coefficient (Wildman–Crippen LogP) is 5.84. The Hall–Kier alpha value is -3.10. The van der Waals surface area contributed by atoms with Crippen LogP contribution in [0.3, 0.4) is 0 Å². The van der Waals surface area contributed by atoms with Gasteiger partial charge >= 0.3 is 0 Å². The number of aromatic hydroxyl groups is 1. The van der Waals surface area contributed by atoms with Gasteiger partial charge in [0, 0.05) is 10.9 Å². The maximum absolute atomic E-state index is 11.6. The van der Waals surface area contributed by atoms with E-state index in [1.165, 1.54) is 0 Å². The second-order valence-corrected chi connectivity index (χ2v) is 7.17. The summed E-state index contributed by atoms with van der Waals surface area (Å²) in [5, 5.41) is 24.1. The molecule has 4 aromatic carbocycles. The Morgan fingerprint density at radius 2 is 1.44 bits per heavy atom. The normalized spacial score (nSPS) is 17.7. The summed E-state index contributed by atoms with van der Waals surface area (Å²) in [5.74, 6) is 0.213. The van der Waals surface area contributed by atoms with Gasteiger partial charge in [0.1, 0.15) is 11.4 Å². The van der Waals surface area contributed by atoms with E-state index in [1.807, 2.05) is 61.5 Å². The molecule has 1 aliphatic rings. The number of phenolic OH excluding ortho intramolecular Hbond substituents is 1. The predicted molar refractivity (Wildman–Crippen MR) is 110 cm³/mol. The molecule has 0 bridgehead atoms. The lowest BCUT2D eigenvalue weighted by Crippen LogP contribution is -2.23. The first kappa shape index (κ1) is 16.1. The van der Waals surface area contributed by atoms with Crippen molar-refractivity contribution in [1.82, 2.24) is 0 Å². The summed E-state index contributed by atoms with van der Waals surface area (Å²) in [7, 11) is 0. The summed E-state index contributed by atoms with van der Waals surface area (Å²) in [4.78, 5) is 0. The van der Waals surface area contributed by atoms with E-state index in [0.717, 1.165) is 44.2 Å². The fourth-order valence-electron chi connectivity index (χ4n) is 4.50. The van der Waals surface area contributed by atoms with E-state index in [2.05, 4.69) is 18.2 Å². The van der Waals surface area contributed by atoms with Gasteiger partial charge in [-0.2, -0.15) is 0 Å². The lowest BCUT2D eigenvalue weighted by Gasteiger charge is -2.24. The molecule has 0 fully saturated rings. The number of rotatable bonds is 2. The largest absolute Gasteiger partial charge is 0.507 e. The summed E-state index contributed by atoms with van der Waals surface area (Å²) < 4.78 is 0. The molecule has 2 nitrogen and oxygen atoms in total. The summed E-state index contributed by atoms with van der Waals surface area (Å²) in [6.45, 7) is 1.99. The molecule has 0 saturated carbocycles. The summed E-state index contributed by atoms with van der Waals surface area (Å²) >= 11 is 0. The standard InChI is InChI=1S/C25H20O2/c1-2-25(27)20-14-8-13-17(16-9-4-3-5-10-16)23(20)24-19-12-7-6-11-18(19)22(26)15-21(24)25/h3-15,26-27H,2H2,1H3. The van der Waals surface area contributed by atoms with Gasteiger partial charge in [-0.25, -0.2) is 0 Å². The lowest BCUT2D eigenvalue weighted by atomic mass is 9.87. The quantitative estimate of drug-likeness (QED) is 0.476. The molecule has 132 valence electrons. The second kappa shape index (κ2) is 5.70. The Bertz CT molecular complexity index is 1180. The van der Waals surface area contributed by atoms with Gasteiger partial charge in [0.15, 0.2) is 0 Å². The minimum absolute atomic E-state index is 0.213. The first-order valence-corrected chi connectivity index (χ1v) is 9.32. The van der Waals surface area contributed by atoms with E-state index in [9.17, 15) is 10.2 Å². The zero-order valence-corrected chi connectivity index (χ0v) is 15.1. The highest BCUT2D eigenvalue weighted by molar-refractivity contribution is 6.08. The maximum Gasteiger partial charge on any atom is 0.123 e. The van der Waals surface area contributed by atoms with Gasteiger partial charge < -0.3 is 10.2 Å². The molecule has 4 aromatic rings. The number of aliphatic hydroxyl groups is 1. The average Bonchev–Trinajstić information content (AvgIpc) is 2.98. The Kier molecular flexibility index (Phi) is 3.40. The zero-order valence-electron chi connectivity index (χ0n) is 15.1. The van der Waals surface area contributed by atoms with Crippen LogP contribution in [0.15, 0.2) is 78.9 Å². The van der Waals surface area contributed by atoms with E-state index in [0.29, 0.717) is 6.42 Å². The van der Waals surface area contributed by atoms with Crippen molar-refractivity contribution >= 4 is 10.8 Å². The van der Waals surface area contributed by atoms with Crippen molar-refractivity contribution in [3.63, 3.8) is 0 Å². The van der Waals surface area contributed by atoms with Crippen LogP contribution >= 0.6 is 0 Å². The Labute approximate surface area is 158 Å². The van der Waals surface area contributed by atoms with Crippen molar-refractivity contribution in [2.24, 2.45) is 0 Å². The highest BCUT2D eigenvalue weighted by Gasteiger charge is 2.42. The van der Waals surface area contributed by atoms with Crippen molar-refractivity contribution in [2.75, 3.05) is 0 Å². The molecular weight excluding hydrogens is 332 g/mol. The van der Waals surface area contributed by atoms with Gasteiger partial charge in [-0.3, -0.25) is 0 Å². The molecule has 0 radical (unpaired) electrons. The van der Waals surface area contributed by atoms with E-state index in [-0.39, 0.29) is 5.75 Å². The fourth-order valence-corrected chi connectivity index (χ4v) is 4.50. The average molecular weight is 352 g/mol. The Morgan fingerprint density at radius 1 is 0.741 bits per heavy atom. The molecule has 2 N–H and O–H groups in total. The third kappa shape index (κ3) is 2.11. The summed E-state index contributed by atoms with van der Waals surface area (Å²) in [6.07, 6.45) is 0.545. The molecule has 27 heavy (non-hydrogen) atoms. The van der Waals surface area contributed by atoms with Crippen molar-refractivity contribution in [3.05, 3.63) is 90.0 Å². The SMILES string of the molecule is CCC1(O)c2cccc(-c3ccccc3)c2-c2c1cc(O)c1ccccc21. The van der Waals surface area contributed by atoms with Crippen LogP contribution in [0.5, 0.6) is 5.75 Å². The van der Waals surface area contributed by atoms with Crippen LogP contribution in [0.25, 0.3) is 33.0 Å².